The summed E-state index contributed by atoms with van der Waals surface area (Å²) in [5, 5.41) is 38.2. The van der Waals surface area contributed by atoms with Crippen molar-refractivity contribution < 1.29 is 50.5 Å². The number of nitrogens with one attached hydrogen (secondary N) is 4. The van der Waals surface area contributed by atoms with Crippen molar-refractivity contribution in [3.05, 3.63) is 65.7 Å². The van der Waals surface area contributed by atoms with E-state index in [0.29, 0.717) is 5.56 Å². The first-order valence-electron chi connectivity index (χ1n) is 11.8. The Morgan fingerprint density at radius 2 is 1.41 bits per heavy atom. The van der Waals surface area contributed by atoms with Gasteiger partial charge in [-0.25, -0.2) is 0 Å². The van der Waals surface area contributed by atoms with Crippen LogP contribution >= 0.6 is 0 Å². The minimum atomic E-state index is -1.16. The van der Waals surface area contributed by atoms with E-state index in [9.17, 15) is 24.6 Å². The van der Waals surface area contributed by atoms with Crippen molar-refractivity contribution in [2.24, 2.45) is 11.7 Å². The molecular formula is C26H32N5O6ReS-5. The standard InChI is InChI=1S/C26H35N5O5S.O.Re/c1-15(2)22(31-24(34)19(27)12-17-8-10-18(32)11-9-17)26(36)30-21(14-37)25(35)29-20(23(28)33)13-16-6-4-3-5-7-16;;/h3-11,15,19-22,32,37H,12-14,27H2,1-2H3,(H2,28,33)(H,29,35)(H,30,36)(H,31,34);;/q;-2;/p-3/t19-,20-,21-,22-;;/m0../s1. The predicted octanol–water partition coefficient (Wildman–Crippen LogP) is -1.25. The first kappa shape index (κ1) is 36.1. The molecule has 4 atom stereocenters. The SMILES string of the molecule is CC(C)[C@H](NC(=O)[C@@H](N)Cc1ccc([O-])cc1)C(=O)N[C@@H](C[S-])C(=O)N[C@@H](Cc1ccccc1)C(=N)[O-].[O-2].[Re]. The van der Waals surface area contributed by atoms with Gasteiger partial charge in [0.1, 0.15) is 6.04 Å². The molecule has 13 heteroatoms. The molecule has 0 unspecified atom stereocenters. The number of carbonyl (C=O) groups is 3. The molecule has 0 heterocycles. The van der Waals surface area contributed by atoms with E-state index in [2.05, 4.69) is 16.0 Å². The second kappa shape index (κ2) is 17.6. The van der Waals surface area contributed by atoms with Crippen LogP contribution in [0, 0.1) is 11.3 Å². The van der Waals surface area contributed by atoms with Crippen LogP contribution in [0.15, 0.2) is 54.6 Å². The molecular weight excluding hydrogens is 697 g/mol. The number of nitrogens with two attached hydrogens (primary N) is 1. The van der Waals surface area contributed by atoms with Gasteiger partial charge in [0.2, 0.25) is 17.7 Å². The van der Waals surface area contributed by atoms with Crippen LogP contribution in [0.4, 0.5) is 0 Å². The predicted molar refractivity (Wildman–Crippen MR) is 139 cm³/mol. The Labute approximate surface area is 247 Å². The topological polar surface area (TPSA) is 212 Å². The summed E-state index contributed by atoms with van der Waals surface area (Å²) in [6.07, 6.45) is 0.285. The fourth-order valence-electron chi connectivity index (χ4n) is 3.54. The van der Waals surface area contributed by atoms with Gasteiger partial charge in [-0.2, -0.15) is 0 Å². The van der Waals surface area contributed by atoms with Gasteiger partial charge in [0, 0.05) is 20.4 Å². The molecule has 0 aliphatic heterocycles. The Balaban J connectivity index is 0.00000722. The first-order chi connectivity index (χ1) is 17.5. The van der Waals surface area contributed by atoms with E-state index in [1.165, 1.54) is 12.1 Å². The molecule has 3 amide bonds. The van der Waals surface area contributed by atoms with Crippen molar-refractivity contribution in [2.45, 2.75) is 50.9 Å². The molecule has 0 bridgehead atoms. The van der Waals surface area contributed by atoms with E-state index in [0.717, 1.165) is 5.56 Å². The Hall–Kier alpha value is -2.95. The van der Waals surface area contributed by atoms with E-state index in [1.807, 2.05) is 6.07 Å². The van der Waals surface area contributed by atoms with Crippen LogP contribution in [0.2, 0.25) is 0 Å². The van der Waals surface area contributed by atoms with Gasteiger partial charge in [0.05, 0.1) is 18.1 Å². The molecule has 1 radical (unpaired) electrons. The van der Waals surface area contributed by atoms with Crippen molar-refractivity contribution in [2.75, 3.05) is 5.75 Å². The minimum Gasteiger partial charge on any atom is -2.00 e. The summed E-state index contributed by atoms with van der Waals surface area (Å²) in [6, 6.07) is 10.6. The summed E-state index contributed by atoms with van der Waals surface area (Å²) in [4.78, 5) is 38.5. The number of rotatable bonds is 13. The fourth-order valence-corrected chi connectivity index (χ4v) is 3.78. The quantitative estimate of drug-likeness (QED) is 0.0960. The van der Waals surface area contributed by atoms with Gasteiger partial charge in [-0.15, -0.1) is 11.5 Å². The van der Waals surface area contributed by atoms with Gasteiger partial charge in [-0.3, -0.25) is 14.4 Å². The van der Waals surface area contributed by atoms with Crippen molar-refractivity contribution >= 4 is 36.2 Å². The van der Waals surface area contributed by atoms with E-state index in [1.54, 1.807) is 50.2 Å². The third kappa shape index (κ3) is 11.8. The van der Waals surface area contributed by atoms with E-state index in [-0.39, 0.29) is 56.2 Å². The molecule has 0 saturated carbocycles. The number of benzene rings is 2. The molecule has 0 spiro atoms. The summed E-state index contributed by atoms with van der Waals surface area (Å²) in [5.41, 5.74) is 7.46. The molecule has 2 aromatic rings. The third-order valence-electron chi connectivity index (χ3n) is 5.68. The van der Waals surface area contributed by atoms with E-state index >= 15 is 0 Å². The minimum absolute atomic E-state index is 0. The number of carbonyl (C=O) groups excluding carboxylic acids is 3. The average molecular weight is 729 g/mol. The summed E-state index contributed by atoms with van der Waals surface area (Å²) in [6.45, 7) is 3.45. The maximum absolute atomic E-state index is 13.0. The third-order valence-corrected chi connectivity index (χ3v) is 6.01. The van der Waals surface area contributed by atoms with Crippen LogP contribution in [0.5, 0.6) is 5.75 Å². The second-order valence-electron chi connectivity index (χ2n) is 9.03. The van der Waals surface area contributed by atoms with E-state index in [4.69, 9.17) is 23.8 Å². The van der Waals surface area contributed by atoms with Crippen LogP contribution in [-0.4, -0.2) is 53.5 Å². The molecule has 215 valence electrons. The zero-order chi connectivity index (χ0) is 27.5. The molecule has 0 saturated heterocycles. The van der Waals surface area contributed by atoms with Crippen molar-refractivity contribution in [1.29, 1.82) is 5.41 Å². The van der Waals surface area contributed by atoms with Crippen LogP contribution in [0.25, 0.3) is 0 Å². The summed E-state index contributed by atoms with van der Waals surface area (Å²) in [7, 11) is 0. The van der Waals surface area contributed by atoms with Crippen LogP contribution in [0.1, 0.15) is 25.0 Å². The van der Waals surface area contributed by atoms with Crippen LogP contribution in [0.3, 0.4) is 0 Å². The van der Waals surface area contributed by atoms with Crippen LogP contribution in [-0.2, 0) is 65.8 Å². The molecule has 6 N–H and O–H groups in total. The molecule has 0 aliphatic rings. The number of hydrogen-bond donors (Lipinski definition) is 5. The normalized spacial score (nSPS) is 13.5. The Bertz CT molecular complexity index is 1070. The van der Waals surface area contributed by atoms with Gasteiger partial charge < -0.3 is 55.4 Å². The van der Waals surface area contributed by atoms with Crippen molar-refractivity contribution in [3.8, 4) is 5.75 Å². The Morgan fingerprint density at radius 3 is 1.92 bits per heavy atom. The second-order valence-corrected chi connectivity index (χ2v) is 9.36. The number of amides is 3. The Kier molecular flexibility index (Phi) is 16.3. The number of hydrogen-bond acceptors (Lipinski definition) is 8. The molecule has 2 aromatic carbocycles. The molecule has 0 fully saturated rings. The fraction of sp³-hybridized carbons (Fsp3) is 0.385. The molecule has 0 aromatic heterocycles. The largest absolute Gasteiger partial charge is 2.00 e. The maximum Gasteiger partial charge on any atom is 0.243 e. The van der Waals surface area contributed by atoms with Gasteiger partial charge >= 0.3 is 0 Å². The molecule has 39 heavy (non-hydrogen) atoms. The van der Waals surface area contributed by atoms with Gasteiger partial charge in [-0.1, -0.05) is 68.4 Å². The monoisotopic (exact) mass is 729 g/mol. The van der Waals surface area contributed by atoms with Gasteiger partial charge in [0.15, 0.2) is 0 Å². The van der Waals surface area contributed by atoms with Crippen molar-refractivity contribution in [1.82, 2.24) is 16.0 Å². The smallest absolute Gasteiger partial charge is 0.243 e. The molecule has 0 aliphatic carbocycles. The average Bonchev–Trinajstić information content (AvgIpc) is 2.86. The van der Waals surface area contributed by atoms with Gasteiger partial charge in [0.25, 0.3) is 0 Å². The maximum atomic E-state index is 13.0. The summed E-state index contributed by atoms with van der Waals surface area (Å²) in [5.74, 6) is -3.55. The first-order valence-corrected chi connectivity index (χ1v) is 12.4. The van der Waals surface area contributed by atoms with Crippen molar-refractivity contribution in [3.63, 3.8) is 0 Å². The zero-order valence-electron chi connectivity index (χ0n) is 21.5. The van der Waals surface area contributed by atoms with Gasteiger partial charge in [-0.05, 0) is 35.8 Å². The summed E-state index contributed by atoms with van der Waals surface area (Å²) < 4.78 is 0. The molecule has 11 nitrogen and oxygen atoms in total. The van der Waals surface area contributed by atoms with E-state index < -0.39 is 47.8 Å². The zero-order valence-corrected chi connectivity index (χ0v) is 25.0. The summed E-state index contributed by atoms with van der Waals surface area (Å²) >= 11 is 5.04. The molecule has 2 rings (SSSR count). The van der Waals surface area contributed by atoms with Crippen LogP contribution < -0.4 is 31.9 Å². The Morgan fingerprint density at radius 1 is 0.872 bits per heavy atom.